The minimum absolute atomic E-state index is 0.272. The number of methoxy groups -OCH3 is 1. The van der Waals surface area contributed by atoms with Crippen molar-refractivity contribution < 1.29 is 9.53 Å². The summed E-state index contributed by atoms with van der Waals surface area (Å²) in [5.41, 5.74) is 3.57. The third-order valence-corrected chi connectivity index (χ3v) is 6.37. The number of hydrogen-bond donors (Lipinski definition) is 1. The number of hydrogen-bond acceptors (Lipinski definition) is 4. The molecule has 0 aliphatic carbocycles. The predicted molar refractivity (Wildman–Crippen MR) is 141 cm³/mol. The van der Waals surface area contributed by atoms with Crippen molar-refractivity contribution in [3.63, 3.8) is 0 Å². The summed E-state index contributed by atoms with van der Waals surface area (Å²) in [5, 5.41) is 3.57. The SMILES string of the molecule is COc1cccc(NC(=O)Cn2c(=O)n(-c3ccc(C)cc3)c(=O)c3c2c2cc(C)ccc2n3C)c1. The number of anilines is 1. The predicted octanol–water partition coefficient (Wildman–Crippen LogP) is 3.91. The number of nitrogens with zero attached hydrogens (tertiary/aromatic N) is 3. The molecule has 2 aromatic heterocycles. The van der Waals surface area contributed by atoms with E-state index in [4.69, 9.17) is 4.74 Å². The van der Waals surface area contributed by atoms with Crippen molar-refractivity contribution in [2.24, 2.45) is 7.05 Å². The van der Waals surface area contributed by atoms with E-state index in [1.54, 1.807) is 55.1 Å². The number of nitrogens with one attached hydrogen (secondary N) is 1. The standard InChI is InChI=1S/C28H26N4O4/c1-17-8-11-20(12-9-17)32-27(34)26-25(22-14-18(2)10-13-23(22)30(26)3)31(28(32)35)16-24(33)29-19-6-5-7-21(15-19)36-4/h5-15H,16H2,1-4H3,(H,29,33). The Bertz CT molecular complexity index is 1760. The lowest BCUT2D eigenvalue weighted by Crippen LogP contribution is -2.41. The highest BCUT2D eigenvalue weighted by Crippen LogP contribution is 2.27. The van der Waals surface area contributed by atoms with E-state index in [0.717, 1.165) is 26.6 Å². The van der Waals surface area contributed by atoms with E-state index < -0.39 is 17.2 Å². The van der Waals surface area contributed by atoms with Crippen LogP contribution >= 0.6 is 0 Å². The van der Waals surface area contributed by atoms with Gasteiger partial charge in [-0.3, -0.25) is 14.2 Å². The van der Waals surface area contributed by atoms with E-state index in [1.165, 1.54) is 4.57 Å². The number of carbonyl (C=O) groups is 1. The molecule has 0 saturated heterocycles. The van der Waals surface area contributed by atoms with Crippen LogP contribution in [0.2, 0.25) is 0 Å². The Morgan fingerprint density at radius 2 is 1.64 bits per heavy atom. The molecule has 0 saturated carbocycles. The molecule has 3 aromatic carbocycles. The van der Waals surface area contributed by atoms with Crippen molar-refractivity contribution >= 4 is 33.5 Å². The first-order valence-corrected chi connectivity index (χ1v) is 11.5. The summed E-state index contributed by atoms with van der Waals surface area (Å²) in [5.74, 6) is 0.204. The second kappa shape index (κ2) is 8.88. The second-order valence-electron chi connectivity index (χ2n) is 8.90. The third-order valence-electron chi connectivity index (χ3n) is 6.37. The molecule has 0 radical (unpaired) electrons. The van der Waals surface area contributed by atoms with Gasteiger partial charge in [-0.05, 0) is 50.2 Å². The molecule has 36 heavy (non-hydrogen) atoms. The quantitative estimate of drug-likeness (QED) is 0.412. The molecule has 0 aliphatic heterocycles. The van der Waals surface area contributed by atoms with Crippen molar-refractivity contribution in [2.75, 3.05) is 12.4 Å². The van der Waals surface area contributed by atoms with Crippen LogP contribution < -0.4 is 21.3 Å². The van der Waals surface area contributed by atoms with E-state index in [9.17, 15) is 14.4 Å². The Hall–Kier alpha value is -4.59. The number of aromatic nitrogens is 3. The molecule has 1 amide bonds. The van der Waals surface area contributed by atoms with Crippen LogP contribution in [-0.4, -0.2) is 26.7 Å². The molecule has 8 heteroatoms. The number of benzene rings is 3. The summed E-state index contributed by atoms with van der Waals surface area (Å²) in [7, 11) is 3.35. The molecule has 2 heterocycles. The number of ether oxygens (including phenoxy) is 1. The fourth-order valence-electron chi connectivity index (χ4n) is 4.58. The van der Waals surface area contributed by atoms with Crippen LogP contribution in [0.3, 0.4) is 0 Å². The van der Waals surface area contributed by atoms with Crippen LogP contribution in [-0.2, 0) is 18.4 Å². The Morgan fingerprint density at radius 3 is 2.36 bits per heavy atom. The van der Waals surface area contributed by atoms with Gasteiger partial charge in [0, 0.05) is 24.2 Å². The third kappa shape index (κ3) is 3.86. The molecular weight excluding hydrogens is 456 g/mol. The smallest absolute Gasteiger partial charge is 0.336 e. The number of amides is 1. The second-order valence-corrected chi connectivity index (χ2v) is 8.90. The minimum atomic E-state index is -0.578. The van der Waals surface area contributed by atoms with E-state index in [-0.39, 0.29) is 6.54 Å². The van der Waals surface area contributed by atoms with Gasteiger partial charge in [0.15, 0.2) is 0 Å². The fraction of sp³-hybridized carbons (Fsp3) is 0.179. The fourth-order valence-corrected chi connectivity index (χ4v) is 4.58. The maximum Gasteiger partial charge on any atom is 0.336 e. The lowest BCUT2D eigenvalue weighted by atomic mass is 10.1. The molecule has 0 aliphatic rings. The highest BCUT2D eigenvalue weighted by atomic mass is 16.5. The van der Waals surface area contributed by atoms with Crippen LogP contribution in [0.1, 0.15) is 11.1 Å². The minimum Gasteiger partial charge on any atom is -0.497 e. The van der Waals surface area contributed by atoms with Crippen LogP contribution in [0, 0.1) is 13.8 Å². The maximum atomic E-state index is 13.8. The van der Waals surface area contributed by atoms with Crippen molar-refractivity contribution in [3.8, 4) is 11.4 Å². The molecule has 0 spiro atoms. The van der Waals surface area contributed by atoms with Gasteiger partial charge in [0.1, 0.15) is 17.8 Å². The summed E-state index contributed by atoms with van der Waals surface area (Å²) in [6.07, 6.45) is 0. The molecule has 5 aromatic rings. The summed E-state index contributed by atoms with van der Waals surface area (Å²) in [6, 6.07) is 20.0. The topological polar surface area (TPSA) is 87.3 Å². The zero-order valence-electron chi connectivity index (χ0n) is 20.5. The summed E-state index contributed by atoms with van der Waals surface area (Å²) < 4.78 is 9.53. The maximum absolute atomic E-state index is 13.8. The monoisotopic (exact) mass is 482 g/mol. The van der Waals surface area contributed by atoms with Gasteiger partial charge in [0.05, 0.1) is 23.8 Å². The Balaban J connectivity index is 1.75. The van der Waals surface area contributed by atoms with Gasteiger partial charge < -0.3 is 14.6 Å². The normalized spacial score (nSPS) is 11.2. The van der Waals surface area contributed by atoms with Gasteiger partial charge in [-0.25, -0.2) is 9.36 Å². The summed E-state index contributed by atoms with van der Waals surface area (Å²) in [4.78, 5) is 40.7. The lowest BCUT2D eigenvalue weighted by molar-refractivity contribution is -0.116. The van der Waals surface area contributed by atoms with Crippen molar-refractivity contribution in [1.82, 2.24) is 13.7 Å². The van der Waals surface area contributed by atoms with Gasteiger partial charge in [-0.15, -0.1) is 0 Å². The Labute approximate surface area is 207 Å². The van der Waals surface area contributed by atoms with Gasteiger partial charge in [-0.1, -0.05) is 35.4 Å². The highest BCUT2D eigenvalue weighted by molar-refractivity contribution is 6.06. The average Bonchev–Trinajstić information content (AvgIpc) is 3.14. The van der Waals surface area contributed by atoms with Crippen molar-refractivity contribution in [2.45, 2.75) is 20.4 Å². The number of carbonyl (C=O) groups excluding carboxylic acids is 1. The first-order chi connectivity index (χ1) is 17.3. The molecule has 0 fully saturated rings. The molecule has 0 bridgehead atoms. The van der Waals surface area contributed by atoms with Crippen molar-refractivity contribution in [1.29, 1.82) is 0 Å². The first-order valence-electron chi connectivity index (χ1n) is 11.5. The van der Waals surface area contributed by atoms with Gasteiger partial charge in [-0.2, -0.15) is 0 Å². The van der Waals surface area contributed by atoms with E-state index in [2.05, 4.69) is 5.32 Å². The molecule has 8 nitrogen and oxygen atoms in total. The molecule has 1 N–H and O–H groups in total. The zero-order chi connectivity index (χ0) is 25.6. The van der Waals surface area contributed by atoms with Crippen LogP contribution in [0.25, 0.3) is 27.6 Å². The molecule has 182 valence electrons. The number of aryl methyl sites for hydroxylation is 3. The van der Waals surface area contributed by atoms with Gasteiger partial charge in [0.25, 0.3) is 5.56 Å². The highest BCUT2D eigenvalue weighted by Gasteiger charge is 2.22. The molecule has 0 atom stereocenters. The Kier molecular flexibility index (Phi) is 5.72. The number of rotatable bonds is 5. The Morgan fingerprint density at radius 1 is 0.917 bits per heavy atom. The largest absolute Gasteiger partial charge is 0.497 e. The van der Waals surface area contributed by atoms with E-state index in [0.29, 0.717) is 28.2 Å². The van der Waals surface area contributed by atoms with Gasteiger partial charge >= 0.3 is 5.69 Å². The van der Waals surface area contributed by atoms with Crippen molar-refractivity contribution in [3.05, 3.63) is 98.7 Å². The number of fused-ring (bicyclic) bond motifs is 3. The summed E-state index contributed by atoms with van der Waals surface area (Å²) >= 11 is 0. The zero-order valence-corrected chi connectivity index (χ0v) is 20.5. The van der Waals surface area contributed by atoms with Crippen LogP contribution in [0.4, 0.5) is 5.69 Å². The van der Waals surface area contributed by atoms with Crippen LogP contribution in [0.15, 0.2) is 76.3 Å². The average molecular weight is 483 g/mol. The summed E-state index contributed by atoms with van der Waals surface area (Å²) in [6.45, 7) is 3.61. The van der Waals surface area contributed by atoms with E-state index >= 15 is 0 Å². The van der Waals surface area contributed by atoms with Crippen LogP contribution in [0.5, 0.6) is 5.75 Å². The molecular formula is C28H26N4O4. The van der Waals surface area contributed by atoms with Gasteiger partial charge in [0.2, 0.25) is 5.91 Å². The van der Waals surface area contributed by atoms with E-state index in [1.807, 2.05) is 44.2 Å². The first kappa shape index (κ1) is 23.2. The lowest BCUT2D eigenvalue weighted by Gasteiger charge is -2.14. The molecule has 0 unspecified atom stereocenters. The molecule has 5 rings (SSSR count).